The van der Waals surface area contributed by atoms with Gasteiger partial charge in [-0.05, 0) is 19.8 Å². The van der Waals surface area contributed by atoms with E-state index >= 15 is 0 Å². The highest BCUT2D eigenvalue weighted by atomic mass is 16.3. The second-order valence-electron chi connectivity index (χ2n) is 3.49. The highest BCUT2D eigenvalue weighted by molar-refractivity contribution is 4.91. The number of hydrogen-bond acceptors (Lipinski definition) is 2. The molecular weight excluding hydrogens is 150 g/mol. The van der Waals surface area contributed by atoms with Gasteiger partial charge >= 0.3 is 0 Å². The van der Waals surface area contributed by atoms with Gasteiger partial charge in [-0.2, -0.15) is 0 Å². The molecule has 0 saturated heterocycles. The Morgan fingerprint density at radius 2 is 1.92 bits per heavy atom. The number of aliphatic hydroxyl groups is 1. The van der Waals surface area contributed by atoms with Crippen molar-refractivity contribution in [1.29, 1.82) is 0 Å². The Morgan fingerprint density at radius 1 is 1.42 bits per heavy atom. The fourth-order valence-corrected chi connectivity index (χ4v) is 1.01. The van der Waals surface area contributed by atoms with E-state index in [-0.39, 0.29) is 0 Å². The lowest BCUT2D eigenvalue weighted by molar-refractivity contribution is 0.0334. The van der Waals surface area contributed by atoms with Gasteiger partial charge in [-0.3, -0.25) is 0 Å². The third kappa shape index (κ3) is 4.52. The molecule has 0 aliphatic heterocycles. The minimum Gasteiger partial charge on any atom is -0.389 e. The highest BCUT2D eigenvalue weighted by Crippen LogP contribution is 2.12. The van der Waals surface area contributed by atoms with E-state index in [0.717, 1.165) is 25.0 Å². The van der Waals surface area contributed by atoms with Crippen LogP contribution in [0.1, 0.15) is 33.6 Å². The summed E-state index contributed by atoms with van der Waals surface area (Å²) in [5, 5.41) is 13.0. The zero-order chi connectivity index (χ0) is 9.61. The Balaban J connectivity index is 3.65. The summed E-state index contributed by atoms with van der Waals surface area (Å²) in [6.07, 6.45) is 1.60. The van der Waals surface area contributed by atoms with Crippen molar-refractivity contribution in [3.05, 3.63) is 12.2 Å². The average Bonchev–Trinajstić information content (AvgIpc) is 2.03. The number of hydrogen-bond donors (Lipinski definition) is 2. The van der Waals surface area contributed by atoms with Crippen LogP contribution in [0.4, 0.5) is 0 Å². The molecule has 2 nitrogen and oxygen atoms in total. The van der Waals surface area contributed by atoms with Gasteiger partial charge in [0.25, 0.3) is 0 Å². The van der Waals surface area contributed by atoms with Crippen LogP contribution in [0.15, 0.2) is 12.2 Å². The van der Waals surface area contributed by atoms with Crippen LogP contribution in [0.2, 0.25) is 0 Å². The van der Waals surface area contributed by atoms with Gasteiger partial charge in [-0.25, -0.2) is 0 Å². The summed E-state index contributed by atoms with van der Waals surface area (Å²) in [5.41, 5.74) is 0.569. The molecule has 0 aromatic heterocycles. The zero-order valence-corrected chi connectivity index (χ0v) is 8.48. The summed E-state index contributed by atoms with van der Waals surface area (Å²) >= 11 is 0. The summed E-state index contributed by atoms with van der Waals surface area (Å²) < 4.78 is 0. The lowest BCUT2D eigenvalue weighted by Crippen LogP contribution is -2.39. The minimum atomic E-state index is -0.532. The molecule has 12 heavy (non-hydrogen) atoms. The SMILES string of the molecule is C=C(C)CNCC(O)(CC)CC. The number of rotatable bonds is 6. The molecule has 0 radical (unpaired) electrons. The van der Waals surface area contributed by atoms with Gasteiger partial charge in [0.05, 0.1) is 5.60 Å². The normalized spacial score (nSPS) is 11.7. The van der Waals surface area contributed by atoms with Crippen molar-refractivity contribution in [1.82, 2.24) is 5.32 Å². The van der Waals surface area contributed by atoms with Crippen LogP contribution in [-0.4, -0.2) is 23.8 Å². The first-order valence-corrected chi connectivity index (χ1v) is 4.61. The Morgan fingerprint density at radius 3 is 2.25 bits per heavy atom. The maximum atomic E-state index is 9.85. The molecule has 0 fully saturated rings. The molecule has 72 valence electrons. The first-order chi connectivity index (χ1) is 5.54. The first kappa shape index (κ1) is 11.7. The van der Waals surface area contributed by atoms with Crippen molar-refractivity contribution in [3.8, 4) is 0 Å². The van der Waals surface area contributed by atoms with Crippen molar-refractivity contribution in [2.75, 3.05) is 13.1 Å². The largest absolute Gasteiger partial charge is 0.389 e. The molecule has 0 rings (SSSR count). The third-order valence-electron chi connectivity index (χ3n) is 2.20. The summed E-state index contributed by atoms with van der Waals surface area (Å²) in [6.45, 7) is 11.2. The van der Waals surface area contributed by atoms with Gasteiger partial charge in [0.15, 0.2) is 0 Å². The van der Waals surface area contributed by atoms with Crippen LogP contribution in [-0.2, 0) is 0 Å². The smallest absolute Gasteiger partial charge is 0.0766 e. The van der Waals surface area contributed by atoms with Crippen molar-refractivity contribution < 1.29 is 5.11 Å². The molecule has 0 aliphatic carbocycles. The fraction of sp³-hybridized carbons (Fsp3) is 0.800. The summed E-state index contributed by atoms with van der Waals surface area (Å²) in [5.74, 6) is 0. The molecule has 0 unspecified atom stereocenters. The maximum absolute atomic E-state index is 9.85. The van der Waals surface area contributed by atoms with Gasteiger partial charge in [-0.15, -0.1) is 0 Å². The molecule has 0 heterocycles. The van der Waals surface area contributed by atoms with Gasteiger partial charge in [0, 0.05) is 13.1 Å². The Hall–Kier alpha value is -0.340. The van der Waals surface area contributed by atoms with Crippen LogP contribution >= 0.6 is 0 Å². The van der Waals surface area contributed by atoms with E-state index in [1.807, 2.05) is 20.8 Å². The minimum absolute atomic E-state index is 0.532. The third-order valence-corrected chi connectivity index (χ3v) is 2.20. The molecule has 0 amide bonds. The van der Waals surface area contributed by atoms with Gasteiger partial charge in [0.2, 0.25) is 0 Å². The van der Waals surface area contributed by atoms with Crippen molar-refractivity contribution in [2.45, 2.75) is 39.2 Å². The summed E-state index contributed by atoms with van der Waals surface area (Å²) in [7, 11) is 0. The maximum Gasteiger partial charge on any atom is 0.0766 e. The molecule has 0 aromatic carbocycles. The van der Waals surface area contributed by atoms with Gasteiger partial charge in [-0.1, -0.05) is 26.0 Å². The molecule has 0 atom stereocenters. The molecule has 0 aromatic rings. The summed E-state index contributed by atoms with van der Waals surface area (Å²) in [6, 6.07) is 0. The van der Waals surface area contributed by atoms with Crippen LogP contribution < -0.4 is 5.32 Å². The second-order valence-corrected chi connectivity index (χ2v) is 3.49. The highest BCUT2D eigenvalue weighted by Gasteiger charge is 2.20. The van der Waals surface area contributed by atoms with E-state index in [4.69, 9.17) is 0 Å². The van der Waals surface area contributed by atoms with Gasteiger partial charge in [0.1, 0.15) is 0 Å². The van der Waals surface area contributed by atoms with E-state index in [2.05, 4.69) is 11.9 Å². The second kappa shape index (κ2) is 5.33. The number of nitrogens with one attached hydrogen (secondary N) is 1. The average molecular weight is 171 g/mol. The zero-order valence-electron chi connectivity index (χ0n) is 8.48. The first-order valence-electron chi connectivity index (χ1n) is 4.61. The van der Waals surface area contributed by atoms with Crippen molar-refractivity contribution in [2.24, 2.45) is 0 Å². The quantitative estimate of drug-likeness (QED) is 0.596. The Kier molecular flexibility index (Phi) is 5.18. The van der Waals surface area contributed by atoms with E-state index in [1.165, 1.54) is 0 Å². The molecule has 0 saturated carbocycles. The predicted molar refractivity (Wildman–Crippen MR) is 53.2 cm³/mol. The van der Waals surface area contributed by atoms with Gasteiger partial charge < -0.3 is 10.4 Å². The molecule has 0 spiro atoms. The topological polar surface area (TPSA) is 32.3 Å². The van der Waals surface area contributed by atoms with Crippen LogP contribution in [0.3, 0.4) is 0 Å². The van der Waals surface area contributed by atoms with E-state index in [9.17, 15) is 5.11 Å². The predicted octanol–water partition coefficient (Wildman–Crippen LogP) is 1.70. The standard InChI is InChI=1S/C10H21NO/c1-5-10(12,6-2)8-11-7-9(3)4/h11-12H,3,5-8H2,1-2,4H3. The molecule has 2 N–H and O–H groups in total. The molecule has 2 heteroatoms. The monoisotopic (exact) mass is 171 g/mol. The lowest BCUT2D eigenvalue weighted by atomic mass is 9.97. The van der Waals surface area contributed by atoms with Crippen LogP contribution in [0.5, 0.6) is 0 Å². The van der Waals surface area contributed by atoms with E-state index < -0.39 is 5.60 Å². The molecular formula is C10H21NO. The summed E-state index contributed by atoms with van der Waals surface area (Å²) in [4.78, 5) is 0. The Bertz CT molecular complexity index is 139. The van der Waals surface area contributed by atoms with E-state index in [0.29, 0.717) is 6.54 Å². The van der Waals surface area contributed by atoms with Crippen LogP contribution in [0, 0.1) is 0 Å². The van der Waals surface area contributed by atoms with Crippen LogP contribution in [0.25, 0.3) is 0 Å². The van der Waals surface area contributed by atoms with Crippen molar-refractivity contribution in [3.63, 3.8) is 0 Å². The fourth-order valence-electron chi connectivity index (χ4n) is 1.01. The molecule has 0 bridgehead atoms. The van der Waals surface area contributed by atoms with Crippen molar-refractivity contribution >= 4 is 0 Å². The Labute approximate surface area is 75.7 Å². The molecule has 0 aliphatic rings. The lowest BCUT2D eigenvalue weighted by Gasteiger charge is -2.25. The van der Waals surface area contributed by atoms with E-state index in [1.54, 1.807) is 0 Å².